The molecule has 0 amide bonds. The van der Waals surface area contributed by atoms with E-state index < -0.39 is 0 Å². The molecule has 0 saturated carbocycles. The second-order valence-electron chi connectivity index (χ2n) is 4.38. The van der Waals surface area contributed by atoms with Gasteiger partial charge in [0.15, 0.2) is 11.6 Å². The van der Waals surface area contributed by atoms with E-state index in [9.17, 15) is 4.39 Å². The van der Waals surface area contributed by atoms with Crippen molar-refractivity contribution in [2.75, 3.05) is 6.61 Å². The average molecular weight is 235 g/mol. The Labute approximate surface area is 102 Å². The summed E-state index contributed by atoms with van der Waals surface area (Å²) in [7, 11) is 0. The Morgan fingerprint density at radius 3 is 2.59 bits per heavy atom. The van der Waals surface area contributed by atoms with Crippen LogP contribution in [-0.4, -0.2) is 6.61 Å². The third-order valence-corrected chi connectivity index (χ3v) is 2.72. The smallest absolute Gasteiger partial charge is 0.165 e. The molecular formula is C14H18FNO. The lowest BCUT2D eigenvalue weighted by Crippen LogP contribution is -2.09. The summed E-state index contributed by atoms with van der Waals surface area (Å²) < 4.78 is 18.7. The predicted octanol–water partition coefficient (Wildman–Crippen LogP) is 3.56. The Bertz CT molecular complexity index is 409. The van der Waals surface area contributed by atoms with Crippen LogP contribution in [0.25, 0.3) is 0 Å². The summed E-state index contributed by atoms with van der Waals surface area (Å²) in [6, 6.07) is 7.16. The van der Waals surface area contributed by atoms with E-state index >= 15 is 0 Å². The van der Waals surface area contributed by atoms with Gasteiger partial charge in [0.2, 0.25) is 0 Å². The molecule has 0 heterocycles. The molecule has 0 aromatic heterocycles. The Morgan fingerprint density at radius 1 is 1.41 bits per heavy atom. The summed E-state index contributed by atoms with van der Waals surface area (Å²) >= 11 is 0. The van der Waals surface area contributed by atoms with Gasteiger partial charge in [0.1, 0.15) is 0 Å². The summed E-state index contributed by atoms with van der Waals surface area (Å²) in [6.07, 6.45) is 0.581. The van der Waals surface area contributed by atoms with Crippen molar-refractivity contribution in [3.05, 3.63) is 29.6 Å². The zero-order valence-electron chi connectivity index (χ0n) is 10.5. The fraction of sp³-hybridized carbons (Fsp3) is 0.500. The van der Waals surface area contributed by atoms with E-state index in [-0.39, 0.29) is 23.4 Å². The van der Waals surface area contributed by atoms with Gasteiger partial charge in [-0.05, 0) is 37.0 Å². The maximum absolute atomic E-state index is 13.6. The number of hydrogen-bond donors (Lipinski definition) is 0. The van der Waals surface area contributed by atoms with Crippen LogP contribution in [0.1, 0.15) is 26.3 Å². The summed E-state index contributed by atoms with van der Waals surface area (Å²) in [5.41, 5.74) is 0.839. The predicted molar refractivity (Wildman–Crippen MR) is 65.2 cm³/mol. The Hall–Kier alpha value is -1.56. The van der Waals surface area contributed by atoms with E-state index in [1.807, 2.05) is 26.8 Å². The highest BCUT2D eigenvalue weighted by atomic mass is 19.1. The van der Waals surface area contributed by atoms with Crippen LogP contribution in [0.2, 0.25) is 0 Å². The summed E-state index contributed by atoms with van der Waals surface area (Å²) in [4.78, 5) is 0. The SMILES string of the molecule is CCOc1ccc(CC(C#N)C(C)C)cc1F. The van der Waals surface area contributed by atoms with Crippen molar-refractivity contribution in [1.29, 1.82) is 5.26 Å². The first-order valence-electron chi connectivity index (χ1n) is 5.89. The van der Waals surface area contributed by atoms with E-state index in [2.05, 4.69) is 6.07 Å². The second-order valence-corrected chi connectivity index (χ2v) is 4.38. The van der Waals surface area contributed by atoms with Gasteiger partial charge in [-0.3, -0.25) is 0 Å². The third-order valence-electron chi connectivity index (χ3n) is 2.72. The van der Waals surface area contributed by atoms with Gasteiger partial charge in [-0.15, -0.1) is 0 Å². The van der Waals surface area contributed by atoms with Crippen molar-refractivity contribution in [3.8, 4) is 11.8 Å². The van der Waals surface area contributed by atoms with Crippen molar-refractivity contribution in [3.63, 3.8) is 0 Å². The van der Waals surface area contributed by atoms with Crippen molar-refractivity contribution >= 4 is 0 Å². The third kappa shape index (κ3) is 3.74. The Morgan fingerprint density at radius 2 is 2.12 bits per heavy atom. The standard InChI is InChI=1S/C14H18FNO/c1-4-17-14-6-5-11(8-13(14)15)7-12(9-16)10(2)3/h5-6,8,10,12H,4,7H2,1-3H3. The molecule has 0 aliphatic rings. The molecule has 0 aliphatic heterocycles. The lowest BCUT2D eigenvalue weighted by atomic mass is 9.90. The zero-order chi connectivity index (χ0) is 12.8. The lowest BCUT2D eigenvalue weighted by molar-refractivity contribution is 0.321. The zero-order valence-corrected chi connectivity index (χ0v) is 10.5. The largest absolute Gasteiger partial charge is 0.491 e. The maximum Gasteiger partial charge on any atom is 0.165 e. The van der Waals surface area contributed by atoms with Crippen LogP contribution in [-0.2, 0) is 6.42 Å². The van der Waals surface area contributed by atoms with Crippen LogP contribution in [0.4, 0.5) is 4.39 Å². The van der Waals surface area contributed by atoms with E-state index in [1.165, 1.54) is 6.07 Å². The van der Waals surface area contributed by atoms with Crippen LogP contribution in [0.5, 0.6) is 5.75 Å². The molecule has 0 spiro atoms. The molecule has 1 aromatic carbocycles. The number of nitriles is 1. The number of hydrogen-bond acceptors (Lipinski definition) is 2. The summed E-state index contributed by atoms with van der Waals surface area (Å²) in [5, 5.41) is 9.00. The molecule has 0 radical (unpaired) electrons. The maximum atomic E-state index is 13.6. The molecule has 0 bridgehead atoms. The molecule has 92 valence electrons. The molecule has 0 saturated heterocycles. The van der Waals surface area contributed by atoms with Gasteiger partial charge in [0.05, 0.1) is 18.6 Å². The molecule has 1 aromatic rings. The topological polar surface area (TPSA) is 33.0 Å². The highest BCUT2D eigenvalue weighted by molar-refractivity contribution is 5.30. The minimum Gasteiger partial charge on any atom is -0.491 e. The number of rotatable bonds is 5. The number of benzene rings is 1. The normalized spacial score (nSPS) is 12.2. The monoisotopic (exact) mass is 235 g/mol. The highest BCUT2D eigenvalue weighted by Crippen LogP contribution is 2.22. The summed E-state index contributed by atoms with van der Waals surface area (Å²) in [5.74, 6) is 0.112. The van der Waals surface area contributed by atoms with E-state index in [4.69, 9.17) is 10.00 Å². The van der Waals surface area contributed by atoms with E-state index in [0.29, 0.717) is 13.0 Å². The average Bonchev–Trinajstić information content (AvgIpc) is 2.29. The van der Waals surface area contributed by atoms with Crippen molar-refractivity contribution in [1.82, 2.24) is 0 Å². The highest BCUT2D eigenvalue weighted by Gasteiger charge is 2.14. The molecule has 1 rings (SSSR count). The van der Waals surface area contributed by atoms with Crippen LogP contribution in [0.15, 0.2) is 18.2 Å². The van der Waals surface area contributed by atoms with E-state index in [1.54, 1.807) is 6.07 Å². The molecule has 0 aliphatic carbocycles. The molecule has 2 nitrogen and oxygen atoms in total. The molecular weight excluding hydrogens is 217 g/mol. The quantitative estimate of drug-likeness (QED) is 0.781. The van der Waals surface area contributed by atoms with Gasteiger partial charge in [-0.1, -0.05) is 19.9 Å². The molecule has 1 unspecified atom stereocenters. The Balaban J connectivity index is 2.80. The van der Waals surface area contributed by atoms with Crippen LogP contribution < -0.4 is 4.74 Å². The van der Waals surface area contributed by atoms with Crippen molar-refractivity contribution in [2.45, 2.75) is 27.2 Å². The van der Waals surface area contributed by atoms with Gasteiger partial charge in [0.25, 0.3) is 0 Å². The molecule has 0 N–H and O–H groups in total. The number of ether oxygens (including phenoxy) is 1. The van der Waals surface area contributed by atoms with Gasteiger partial charge in [0, 0.05) is 0 Å². The number of halogens is 1. The van der Waals surface area contributed by atoms with Crippen LogP contribution in [0.3, 0.4) is 0 Å². The van der Waals surface area contributed by atoms with E-state index in [0.717, 1.165) is 5.56 Å². The Kier molecular flexibility index (Phi) is 4.96. The molecule has 17 heavy (non-hydrogen) atoms. The van der Waals surface area contributed by atoms with Crippen LogP contribution >= 0.6 is 0 Å². The van der Waals surface area contributed by atoms with Gasteiger partial charge in [-0.25, -0.2) is 4.39 Å². The fourth-order valence-corrected chi connectivity index (χ4v) is 1.63. The second kappa shape index (κ2) is 6.24. The first kappa shape index (κ1) is 13.5. The lowest BCUT2D eigenvalue weighted by Gasteiger charge is -2.13. The first-order chi connectivity index (χ1) is 8.08. The first-order valence-corrected chi connectivity index (χ1v) is 5.89. The minimum absolute atomic E-state index is 0.0765. The van der Waals surface area contributed by atoms with Gasteiger partial charge in [-0.2, -0.15) is 5.26 Å². The fourth-order valence-electron chi connectivity index (χ4n) is 1.63. The summed E-state index contributed by atoms with van der Waals surface area (Å²) in [6.45, 7) is 6.26. The minimum atomic E-state index is -0.357. The molecule has 0 fully saturated rings. The van der Waals surface area contributed by atoms with Gasteiger partial charge >= 0.3 is 0 Å². The molecule has 1 atom stereocenters. The number of nitrogens with zero attached hydrogens (tertiary/aromatic N) is 1. The van der Waals surface area contributed by atoms with Gasteiger partial charge < -0.3 is 4.74 Å². The molecule has 3 heteroatoms. The van der Waals surface area contributed by atoms with Crippen molar-refractivity contribution < 1.29 is 9.13 Å². The van der Waals surface area contributed by atoms with Crippen molar-refractivity contribution in [2.24, 2.45) is 11.8 Å². The van der Waals surface area contributed by atoms with Crippen LogP contribution in [0, 0.1) is 29.0 Å².